The van der Waals surface area contributed by atoms with E-state index >= 15 is 0 Å². The van der Waals surface area contributed by atoms with Gasteiger partial charge in [0.15, 0.2) is 11.5 Å². The Balaban J connectivity index is 1.51. The van der Waals surface area contributed by atoms with E-state index in [9.17, 15) is 9.59 Å². The molecular formula is C20H21N5O3. The predicted molar refractivity (Wildman–Crippen MR) is 104 cm³/mol. The summed E-state index contributed by atoms with van der Waals surface area (Å²) in [5.41, 5.74) is 3.15. The predicted octanol–water partition coefficient (Wildman–Crippen LogP) is 2.57. The number of imidazole rings is 1. The summed E-state index contributed by atoms with van der Waals surface area (Å²) in [5.74, 6) is -0.242. The molecule has 0 unspecified atom stereocenters. The summed E-state index contributed by atoms with van der Waals surface area (Å²) in [5, 5.41) is 14.9. The normalized spacial score (nSPS) is 13.4. The molecule has 0 atom stereocenters. The molecule has 2 aromatic heterocycles. The van der Waals surface area contributed by atoms with Gasteiger partial charge in [-0.05, 0) is 31.4 Å². The number of carboxylic acids is 1. The lowest BCUT2D eigenvalue weighted by molar-refractivity contribution is -0.137. The first-order valence-electron chi connectivity index (χ1n) is 9.31. The van der Waals surface area contributed by atoms with Gasteiger partial charge in [0.1, 0.15) is 0 Å². The number of nitrogens with one attached hydrogen (secondary N) is 2. The van der Waals surface area contributed by atoms with Gasteiger partial charge >= 0.3 is 5.97 Å². The van der Waals surface area contributed by atoms with Crippen LogP contribution in [0.1, 0.15) is 36.0 Å². The van der Waals surface area contributed by atoms with Gasteiger partial charge < -0.3 is 15.7 Å². The van der Waals surface area contributed by atoms with E-state index in [2.05, 4.69) is 20.6 Å². The largest absolute Gasteiger partial charge is 0.481 e. The second kappa shape index (κ2) is 7.67. The highest BCUT2D eigenvalue weighted by Gasteiger charge is 2.23. The summed E-state index contributed by atoms with van der Waals surface area (Å²) in [6.07, 6.45) is 8.01. The number of aromatic nitrogens is 3. The molecule has 3 aromatic rings. The molecule has 1 fully saturated rings. The van der Waals surface area contributed by atoms with Crippen LogP contribution in [0.4, 0.5) is 5.82 Å². The quantitative estimate of drug-likeness (QED) is 0.519. The number of hydrogen-bond acceptors (Lipinski definition) is 5. The molecule has 3 N–H and O–H groups in total. The fourth-order valence-corrected chi connectivity index (χ4v) is 2.99. The number of fused-ring (bicyclic) bond motifs is 1. The van der Waals surface area contributed by atoms with Crippen molar-refractivity contribution in [2.45, 2.75) is 31.7 Å². The zero-order chi connectivity index (χ0) is 19.5. The number of anilines is 1. The van der Waals surface area contributed by atoms with Gasteiger partial charge in [0, 0.05) is 42.5 Å². The molecular weight excluding hydrogens is 358 g/mol. The van der Waals surface area contributed by atoms with E-state index in [1.54, 1.807) is 12.4 Å². The first-order valence-corrected chi connectivity index (χ1v) is 9.31. The van der Waals surface area contributed by atoms with Crippen molar-refractivity contribution in [2.75, 3.05) is 11.9 Å². The van der Waals surface area contributed by atoms with E-state index in [1.165, 1.54) is 0 Å². The number of carboxylic acid groups (broad SMARTS) is 1. The third-order valence-corrected chi connectivity index (χ3v) is 4.64. The SMILES string of the molecule is O=C(O)CCCNc1nccn2c(-c3ccc(C(=O)NC4CC4)cc3)cnc12. The van der Waals surface area contributed by atoms with E-state index < -0.39 is 5.97 Å². The smallest absolute Gasteiger partial charge is 0.303 e. The Morgan fingerprint density at radius 2 is 1.96 bits per heavy atom. The standard InChI is InChI=1S/C20H21N5O3/c26-17(27)2-1-9-21-18-19-23-12-16(25(19)11-10-22-18)13-3-5-14(6-4-13)20(28)24-15-7-8-15/h3-6,10-12,15H,1-2,7-9H2,(H,21,22)(H,24,28)(H,26,27). The van der Waals surface area contributed by atoms with Gasteiger partial charge in [-0.15, -0.1) is 0 Å². The van der Waals surface area contributed by atoms with Gasteiger partial charge in [0.05, 0.1) is 11.9 Å². The molecule has 8 heteroatoms. The van der Waals surface area contributed by atoms with Crippen molar-refractivity contribution >= 4 is 23.3 Å². The zero-order valence-electron chi connectivity index (χ0n) is 15.3. The molecule has 0 bridgehead atoms. The average Bonchev–Trinajstić information content (AvgIpc) is 3.40. The van der Waals surface area contributed by atoms with Crippen LogP contribution in [0.15, 0.2) is 42.9 Å². The summed E-state index contributed by atoms with van der Waals surface area (Å²) >= 11 is 0. The van der Waals surface area contributed by atoms with Crippen molar-refractivity contribution in [1.82, 2.24) is 19.7 Å². The fraction of sp³-hybridized carbons (Fsp3) is 0.300. The van der Waals surface area contributed by atoms with E-state index in [4.69, 9.17) is 5.11 Å². The number of benzene rings is 1. The molecule has 0 spiro atoms. The van der Waals surface area contributed by atoms with Crippen LogP contribution >= 0.6 is 0 Å². The monoisotopic (exact) mass is 379 g/mol. The van der Waals surface area contributed by atoms with Gasteiger partial charge in [0.2, 0.25) is 0 Å². The minimum Gasteiger partial charge on any atom is -0.481 e. The van der Waals surface area contributed by atoms with Crippen molar-refractivity contribution in [1.29, 1.82) is 0 Å². The second-order valence-electron chi connectivity index (χ2n) is 6.86. The number of amides is 1. The second-order valence-corrected chi connectivity index (χ2v) is 6.86. The van der Waals surface area contributed by atoms with E-state index in [0.29, 0.717) is 36.0 Å². The van der Waals surface area contributed by atoms with Crippen LogP contribution in [0.2, 0.25) is 0 Å². The average molecular weight is 379 g/mol. The van der Waals surface area contributed by atoms with Crippen LogP contribution in [0.25, 0.3) is 16.9 Å². The van der Waals surface area contributed by atoms with E-state index in [-0.39, 0.29) is 12.3 Å². The Kier molecular flexibility index (Phi) is 4.92. The fourth-order valence-electron chi connectivity index (χ4n) is 2.99. The van der Waals surface area contributed by atoms with Crippen LogP contribution < -0.4 is 10.6 Å². The number of rotatable bonds is 8. The highest BCUT2D eigenvalue weighted by Crippen LogP contribution is 2.24. The number of carbonyl (C=O) groups is 2. The molecule has 0 saturated heterocycles. The van der Waals surface area contributed by atoms with Gasteiger partial charge in [-0.25, -0.2) is 9.97 Å². The molecule has 28 heavy (non-hydrogen) atoms. The molecule has 1 saturated carbocycles. The maximum atomic E-state index is 12.1. The molecule has 2 heterocycles. The Labute approximate surface area is 161 Å². The number of aliphatic carboxylic acids is 1. The maximum Gasteiger partial charge on any atom is 0.303 e. The molecule has 1 aromatic carbocycles. The van der Waals surface area contributed by atoms with E-state index in [1.807, 2.05) is 34.9 Å². The van der Waals surface area contributed by atoms with Crippen LogP contribution in [0.3, 0.4) is 0 Å². The minimum atomic E-state index is -0.815. The Bertz CT molecular complexity index is 1010. The van der Waals surface area contributed by atoms with Crippen LogP contribution in [0, 0.1) is 0 Å². The first kappa shape index (κ1) is 18.0. The van der Waals surface area contributed by atoms with Crippen molar-refractivity contribution in [3.05, 3.63) is 48.4 Å². The highest BCUT2D eigenvalue weighted by atomic mass is 16.4. The number of carbonyl (C=O) groups excluding carboxylic acids is 1. The Morgan fingerprint density at radius 3 is 2.68 bits per heavy atom. The molecule has 8 nitrogen and oxygen atoms in total. The Morgan fingerprint density at radius 1 is 1.18 bits per heavy atom. The Hall–Kier alpha value is -3.42. The minimum absolute atomic E-state index is 0.0377. The molecule has 4 rings (SSSR count). The summed E-state index contributed by atoms with van der Waals surface area (Å²) in [4.78, 5) is 31.5. The molecule has 0 radical (unpaired) electrons. The van der Waals surface area contributed by atoms with Gasteiger partial charge in [-0.1, -0.05) is 12.1 Å². The summed E-state index contributed by atoms with van der Waals surface area (Å²) in [7, 11) is 0. The van der Waals surface area contributed by atoms with Crippen molar-refractivity contribution in [2.24, 2.45) is 0 Å². The highest BCUT2D eigenvalue weighted by molar-refractivity contribution is 5.95. The topological polar surface area (TPSA) is 109 Å². The summed E-state index contributed by atoms with van der Waals surface area (Å²) in [6, 6.07) is 7.79. The lowest BCUT2D eigenvalue weighted by atomic mass is 10.1. The number of nitrogens with zero attached hydrogens (tertiary/aromatic N) is 3. The lowest BCUT2D eigenvalue weighted by Gasteiger charge is -2.08. The first-order chi connectivity index (χ1) is 13.6. The number of hydrogen-bond donors (Lipinski definition) is 3. The van der Waals surface area contributed by atoms with Crippen LogP contribution in [-0.4, -0.2) is 43.9 Å². The van der Waals surface area contributed by atoms with E-state index in [0.717, 1.165) is 24.1 Å². The molecule has 1 amide bonds. The van der Waals surface area contributed by atoms with Crippen molar-refractivity contribution < 1.29 is 14.7 Å². The molecule has 0 aliphatic heterocycles. The zero-order valence-corrected chi connectivity index (χ0v) is 15.3. The van der Waals surface area contributed by atoms with Gasteiger partial charge in [0.25, 0.3) is 5.91 Å². The molecule has 1 aliphatic rings. The molecule has 1 aliphatic carbocycles. The third-order valence-electron chi connectivity index (χ3n) is 4.64. The van der Waals surface area contributed by atoms with Crippen molar-refractivity contribution in [3.8, 4) is 11.3 Å². The van der Waals surface area contributed by atoms with Crippen molar-refractivity contribution in [3.63, 3.8) is 0 Å². The summed E-state index contributed by atoms with van der Waals surface area (Å²) < 4.78 is 1.92. The lowest BCUT2D eigenvalue weighted by Crippen LogP contribution is -2.25. The third kappa shape index (κ3) is 3.95. The summed E-state index contributed by atoms with van der Waals surface area (Å²) in [6.45, 7) is 0.506. The van der Waals surface area contributed by atoms with Gasteiger partial charge in [-0.2, -0.15) is 0 Å². The van der Waals surface area contributed by atoms with Gasteiger partial charge in [-0.3, -0.25) is 14.0 Å². The maximum absolute atomic E-state index is 12.1. The molecule has 144 valence electrons. The van der Waals surface area contributed by atoms with Crippen LogP contribution in [-0.2, 0) is 4.79 Å². The van der Waals surface area contributed by atoms with Crippen LogP contribution in [0.5, 0.6) is 0 Å².